The molecule has 0 radical (unpaired) electrons. The molecule has 0 saturated heterocycles. The lowest BCUT2D eigenvalue weighted by Gasteiger charge is -2.00. The molecular weight excluding hydrogens is 184 g/mol. The van der Waals surface area contributed by atoms with Crippen LogP contribution in [0.2, 0.25) is 0 Å². The smallest absolute Gasteiger partial charge is 0.313 e. The first-order valence-electron chi connectivity index (χ1n) is 4.79. The van der Waals surface area contributed by atoms with Gasteiger partial charge in [0.05, 0.1) is 13.0 Å². The molecule has 0 aliphatic carbocycles. The van der Waals surface area contributed by atoms with Crippen molar-refractivity contribution >= 4 is 17.5 Å². The average Bonchev–Trinajstić information content (AvgIpc) is 2.03. The highest BCUT2D eigenvalue weighted by atomic mass is 16.5. The van der Waals surface area contributed by atoms with Gasteiger partial charge in [-0.3, -0.25) is 14.4 Å². The van der Waals surface area contributed by atoms with E-state index in [0.29, 0.717) is 6.42 Å². The Balaban J connectivity index is 3.75. The fourth-order valence-corrected chi connectivity index (χ4v) is 1.02. The summed E-state index contributed by atoms with van der Waals surface area (Å²) in [6.07, 6.45) is 0.691. The largest absolute Gasteiger partial charge is 0.466 e. The summed E-state index contributed by atoms with van der Waals surface area (Å²) in [5.41, 5.74) is 0. The molecule has 4 heteroatoms. The third-order valence-electron chi connectivity index (χ3n) is 1.57. The Morgan fingerprint density at radius 3 is 2.14 bits per heavy atom. The molecule has 0 unspecified atom stereocenters. The molecule has 0 atom stereocenters. The fourth-order valence-electron chi connectivity index (χ4n) is 1.02. The highest BCUT2D eigenvalue weighted by Crippen LogP contribution is 1.99. The van der Waals surface area contributed by atoms with Gasteiger partial charge in [0, 0.05) is 6.42 Å². The third-order valence-corrected chi connectivity index (χ3v) is 1.57. The maximum Gasteiger partial charge on any atom is 0.313 e. The molecular formula is C10H16O4. The van der Waals surface area contributed by atoms with Crippen molar-refractivity contribution in [1.29, 1.82) is 0 Å². The lowest BCUT2D eigenvalue weighted by molar-refractivity contribution is -0.145. The summed E-state index contributed by atoms with van der Waals surface area (Å²) in [5.74, 6) is -1.02. The van der Waals surface area contributed by atoms with Crippen LogP contribution in [-0.4, -0.2) is 24.1 Å². The van der Waals surface area contributed by atoms with Gasteiger partial charge in [-0.2, -0.15) is 0 Å². The van der Waals surface area contributed by atoms with Crippen LogP contribution in [-0.2, 0) is 19.1 Å². The van der Waals surface area contributed by atoms with E-state index in [-0.39, 0.29) is 31.0 Å². The maximum atomic E-state index is 11.1. The molecule has 80 valence electrons. The zero-order valence-electron chi connectivity index (χ0n) is 8.67. The standard InChI is InChI=1S/C10H16O4/c1-3-5-8(11)6-9(12)7-10(13)14-4-2/h3-7H2,1-2H3. The van der Waals surface area contributed by atoms with Gasteiger partial charge in [-0.05, 0) is 13.3 Å². The van der Waals surface area contributed by atoms with Gasteiger partial charge >= 0.3 is 5.97 Å². The Labute approximate surface area is 83.6 Å². The third kappa shape index (κ3) is 6.34. The second kappa shape index (κ2) is 7.24. The molecule has 0 aliphatic heterocycles. The van der Waals surface area contributed by atoms with E-state index in [2.05, 4.69) is 4.74 Å². The van der Waals surface area contributed by atoms with E-state index in [1.54, 1.807) is 6.92 Å². The number of hydrogen-bond acceptors (Lipinski definition) is 4. The van der Waals surface area contributed by atoms with Crippen molar-refractivity contribution in [3.05, 3.63) is 0 Å². The number of ether oxygens (including phenoxy) is 1. The van der Waals surface area contributed by atoms with Crippen molar-refractivity contribution in [1.82, 2.24) is 0 Å². The minimum atomic E-state index is -0.554. The summed E-state index contributed by atoms with van der Waals surface area (Å²) in [5, 5.41) is 0. The molecule has 4 nitrogen and oxygen atoms in total. The zero-order chi connectivity index (χ0) is 11.0. The minimum Gasteiger partial charge on any atom is -0.466 e. The molecule has 0 fully saturated rings. The van der Waals surface area contributed by atoms with Crippen LogP contribution < -0.4 is 0 Å². The van der Waals surface area contributed by atoms with Crippen molar-refractivity contribution in [3.63, 3.8) is 0 Å². The molecule has 0 aromatic rings. The predicted molar refractivity (Wildman–Crippen MR) is 50.8 cm³/mol. The number of Topliss-reactive ketones (excluding diaryl/α,β-unsaturated/α-hetero) is 2. The van der Waals surface area contributed by atoms with Crippen LogP contribution in [0.4, 0.5) is 0 Å². The van der Waals surface area contributed by atoms with E-state index in [4.69, 9.17) is 0 Å². The van der Waals surface area contributed by atoms with Crippen LogP contribution in [0.1, 0.15) is 39.5 Å². The van der Waals surface area contributed by atoms with Crippen molar-refractivity contribution in [3.8, 4) is 0 Å². The predicted octanol–water partition coefficient (Wildman–Crippen LogP) is 1.27. The highest BCUT2D eigenvalue weighted by molar-refractivity contribution is 6.05. The normalized spacial score (nSPS) is 9.57. The lowest BCUT2D eigenvalue weighted by Crippen LogP contribution is -2.14. The van der Waals surface area contributed by atoms with Gasteiger partial charge in [0.2, 0.25) is 0 Å². The van der Waals surface area contributed by atoms with E-state index in [1.807, 2.05) is 6.92 Å². The van der Waals surface area contributed by atoms with Gasteiger partial charge in [0.15, 0.2) is 5.78 Å². The van der Waals surface area contributed by atoms with E-state index >= 15 is 0 Å². The number of ketones is 2. The Morgan fingerprint density at radius 2 is 1.64 bits per heavy atom. The molecule has 0 N–H and O–H groups in total. The van der Waals surface area contributed by atoms with Crippen molar-refractivity contribution in [2.24, 2.45) is 0 Å². The summed E-state index contributed by atoms with van der Waals surface area (Å²) in [7, 11) is 0. The van der Waals surface area contributed by atoms with Gasteiger partial charge in [0.1, 0.15) is 12.2 Å². The topological polar surface area (TPSA) is 60.4 Å². The molecule has 0 rings (SSSR count). The van der Waals surface area contributed by atoms with Crippen molar-refractivity contribution in [2.45, 2.75) is 39.5 Å². The quantitative estimate of drug-likeness (QED) is 0.458. The van der Waals surface area contributed by atoms with E-state index in [0.717, 1.165) is 6.42 Å². The monoisotopic (exact) mass is 200 g/mol. The molecule has 0 amide bonds. The van der Waals surface area contributed by atoms with Gasteiger partial charge in [-0.1, -0.05) is 6.92 Å². The molecule has 0 heterocycles. The number of esters is 1. The SMILES string of the molecule is CCCC(=O)CC(=O)CC(=O)OCC. The Hall–Kier alpha value is -1.19. The first-order chi connectivity index (χ1) is 6.60. The summed E-state index contributed by atoms with van der Waals surface area (Å²) in [4.78, 5) is 33.0. The van der Waals surface area contributed by atoms with Gasteiger partial charge in [0.25, 0.3) is 0 Å². The van der Waals surface area contributed by atoms with E-state index in [1.165, 1.54) is 0 Å². The first-order valence-corrected chi connectivity index (χ1v) is 4.79. The van der Waals surface area contributed by atoms with Crippen LogP contribution in [0.5, 0.6) is 0 Å². The van der Waals surface area contributed by atoms with Crippen LogP contribution in [0.25, 0.3) is 0 Å². The molecule has 0 bridgehead atoms. The number of carbonyl (C=O) groups excluding carboxylic acids is 3. The minimum absolute atomic E-state index is 0.109. The van der Waals surface area contributed by atoms with Crippen LogP contribution >= 0.6 is 0 Å². The lowest BCUT2D eigenvalue weighted by atomic mass is 10.1. The summed E-state index contributed by atoms with van der Waals surface area (Å²) in [6.45, 7) is 3.80. The molecule has 0 spiro atoms. The maximum absolute atomic E-state index is 11.1. The molecule has 0 aromatic heterocycles. The molecule has 0 aliphatic rings. The van der Waals surface area contributed by atoms with Gasteiger partial charge < -0.3 is 4.74 Å². The second-order valence-electron chi connectivity index (χ2n) is 2.99. The Bertz CT molecular complexity index is 198. The Morgan fingerprint density at radius 1 is 1.00 bits per heavy atom. The Kier molecular flexibility index (Phi) is 6.62. The molecule has 0 aromatic carbocycles. The number of carbonyl (C=O) groups is 3. The highest BCUT2D eigenvalue weighted by Gasteiger charge is 2.13. The van der Waals surface area contributed by atoms with Gasteiger partial charge in [-0.25, -0.2) is 0 Å². The molecule has 14 heavy (non-hydrogen) atoms. The van der Waals surface area contributed by atoms with E-state index < -0.39 is 5.97 Å². The van der Waals surface area contributed by atoms with Gasteiger partial charge in [-0.15, -0.1) is 0 Å². The first kappa shape index (κ1) is 12.8. The van der Waals surface area contributed by atoms with Crippen LogP contribution in [0.15, 0.2) is 0 Å². The number of hydrogen-bond donors (Lipinski definition) is 0. The fraction of sp³-hybridized carbons (Fsp3) is 0.700. The summed E-state index contributed by atoms with van der Waals surface area (Å²) < 4.78 is 4.58. The second-order valence-corrected chi connectivity index (χ2v) is 2.99. The average molecular weight is 200 g/mol. The number of rotatable bonds is 7. The zero-order valence-corrected chi connectivity index (χ0v) is 8.67. The van der Waals surface area contributed by atoms with Crippen molar-refractivity contribution < 1.29 is 19.1 Å². The van der Waals surface area contributed by atoms with Crippen LogP contribution in [0, 0.1) is 0 Å². The molecule has 0 saturated carbocycles. The van der Waals surface area contributed by atoms with Crippen LogP contribution in [0.3, 0.4) is 0 Å². The summed E-state index contributed by atoms with van der Waals surface area (Å²) >= 11 is 0. The van der Waals surface area contributed by atoms with E-state index in [9.17, 15) is 14.4 Å². The summed E-state index contributed by atoms with van der Waals surface area (Å²) in [6, 6.07) is 0. The van der Waals surface area contributed by atoms with Crippen molar-refractivity contribution in [2.75, 3.05) is 6.61 Å².